The number of hydrogen-bond acceptors (Lipinski definition) is 3. The maximum absolute atomic E-state index is 8.88. The molecule has 1 N–H and O–H groups in total. The van der Waals surface area contributed by atoms with Crippen molar-refractivity contribution in [3.05, 3.63) is 0 Å². The molecular weight excluding hydrogens is 156 g/mol. The van der Waals surface area contributed by atoms with Gasteiger partial charge in [0.1, 0.15) is 0 Å². The van der Waals surface area contributed by atoms with Gasteiger partial charge in [0.15, 0.2) is 0 Å². The zero-order chi connectivity index (χ0) is 9.61. The predicted molar refractivity (Wildman–Crippen MR) is 48.2 cm³/mol. The Hall–Kier alpha value is -0.120. The van der Waals surface area contributed by atoms with Gasteiger partial charge in [0.25, 0.3) is 0 Å². The lowest BCUT2D eigenvalue weighted by Gasteiger charge is -2.22. The van der Waals surface area contributed by atoms with E-state index in [1.165, 1.54) is 0 Å². The van der Waals surface area contributed by atoms with Crippen molar-refractivity contribution in [1.29, 1.82) is 0 Å². The fourth-order valence-electron chi connectivity index (χ4n) is 0.674. The van der Waals surface area contributed by atoms with Crippen LogP contribution in [0.4, 0.5) is 0 Å². The lowest BCUT2D eigenvalue weighted by molar-refractivity contribution is -0.0221. The summed E-state index contributed by atoms with van der Waals surface area (Å²) in [6, 6.07) is 0. The zero-order valence-corrected chi connectivity index (χ0v) is 8.46. The van der Waals surface area contributed by atoms with Crippen LogP contribution in [0.5, 0.6) is 0 Å². The zero-order valence-electron chi connectivity index (χ0n) is 8.46. The number of hydrogen-bond donors (Lipinski definition) is 1. The molecule has 0 aromatic heterocycles. The van der Waals surface area contributed by atoms with Gasteiger partial charge in [0.05, 0.1) is 18.3 Å². The fourth-order valence-corrected chi connectivity index (χ4v) is 0.674. The first kappa shape index (κ1) is 11.9. The van der Waals surface area contributed by atoms with Gasteiger partial charge in [-0.1, -0.05) is 0 Å². The maximum atomic E-state index is 8.88. The first-order chi connectivity index (χ1) is 5.48. The molecule has 0 aliphatic carbocycles. The third-order valence-corrected chi connectivity index (χ3v) is 1.76. The first-order valence-corrected chi connectivity index (χ1v) is 4.29. The Labute approximate surface area is 74.7 Å². The molecule has 0 aliphatic rings. The van der Waals surface area contributed by atoms with Gasteiger partial charge in [-0.2, -0.15) is 0 Å². The molecule has 0 rings (SSSR count). The van der Waals surface area contributed by atoms with E-state index in [4.69, 9.17) is 14.6 Å². The molecule has 12 heavy (non-hydrogen) atoms. The Morgan fingerprint density at radius 3 is 2.42 bits per heavy atom. The van der Waals surface area contributed by atoms with E-state index in [0.717, 1.165) is 6.42 Å². The van der Waals surface area contributed by atoms with Crippen LogP contribution in [0.3, 0.4) is 0 Å². The van der Waals surface area contributed by atoms with Crippen LogP contribution < -0.4 is 0 Å². The van der Waals surface area contributed by atoms with Crippen LogP contribution in [0.1, 0.15) is 27.2 Å². The van der Waals surface area contributed by atoms with Crippen LogP contribution in [0.2, 0.25) is 0 Å². The summed E-state index contributed by atoms with van der Waals surface area (Å²) in [5.74, 6) is 0. The molecule has 0 spiro atoms. The minimum Gasteiger partial charge on any atom is -0.391 e. The average molecular weight is 176 g/mol. The van der Waals surface area contributed by atoms with Gasteiger partial charge in [-0.05, 0) is 27.2 Å². The summed E-state index contributed by atoms with van der Waals surface area (Å²) in [6.45, 7) is 6.77. The lowest BCUT2D eigenvalue weighted by Crippen LogP contribution is -2.25. The van der Waals surface area contributed by atoms with E-state index in [1.807, 2.05) is 13.8 Å². The van der Waals surface area contributed by atoms with E-state index in [-0.39, 0.29) is 11.7 Å². The molecule has 0 heterocycles. The van der Waals surface area contributed by atoms with Gasteiger partial charge in [-0.3, -0.25) is 0 Å². The average Bonchev–Trinajstić information content (AvgIpc) is 1.98. The van der Waals surface area contributed by atoms with E-state index >= 15 is 0 Å². The highest BCUT2D eigenvalue weighted by molar-refractivity contribution is 4.66. The van der Waals surface area contributed by atoms with Crippen LogP contribution in [-0.4, -0.2) is 37.1 Å². The van der Waals surface area contributed by atoms with E-state index < -0.39 is 0 Å². The second kappa shape index (κ2) is 5.51. The smallest absolute Gasteiger partial charge is 0.0745 e. The topological polar surface area (TPSA) is 38.7 Å². The number of ether oxygens (including phenoxy) is 2. The van der Waals surface area contributed by atoms with E-state index in [0.29, 0.717) is 13.2 Å². The van der Waals surface area contributed by atoms with E-state index in [9.17, 15) is 0 Å². The summed E-state index contributed by atoms with van der Waals surface area (Å²) in [6.07, 6.45) is 0.464. The first-order valence-electron chi connectivity index (χ1n) is 4.29. The maximum Gasteiger partial charge on any atom is 0.0745 e. The molecule has 0 unspecified atom stereocenters. The summed E-state index contributed by atoms with van der Waals surface area (Å²) in [7, 11) is 1.69. The van der Waals surface area contributed by atoms with Gasteiger partial charge in [0.2, 0.25) is 0 Å². The number of aliphatic hydroxyl groups is 1. The third kappa shape index (κ3) is 6.58. The fraction of sp³-hybridized carbons (Fsp3) is 1.00. The molecule has 0 amide bonds. The van der Waals surface area contributed by atoms with Gasteiger partial charge in [-0.15, -0.1) is 0 Å². The Bertz CT molecular complexity index is 110. The quantitative estimate of drug-likeness (QED) is 0.618. The summed E-state index contributed by atoms with van der Waals surface area (Å²) in [5, 5.41) is 8.88. The van der Waals surface area contributed by atoms with Crippen molar-refractivity contribution in [1.82, 2.24) is 0 Å². The Morgan fingerprint density at radius 2 is 2.00 bits per heavy atom. The standard InChI is InChI=1S/C9H20O3/c1-8(10)7-12-6-5-9(2,3)11-4/h8,10H,5-7H2,1-4H3/t8-/m0/s1. The normalized spacial score (nSPS) is 14.8. The monoisotopic (exact) mass is 176 g/mol. The molecular formula is C9H20O3. The van der Waals surface area contributed by atoms with Crippen molar-refractivity contribution in [2.75, 3.05) is 20.3 Å². The van der Waals surface area contributed by atoms with Crippen molar-refractivity contribution in [3.8, 4) is 0 Å². The molecule has 0 bridgehead atoms. The minimum atomic E-state index is -0.379. The molecule has 0 fully saturated rings. The molecule has 0 aromatic carbocycles. The lowest BCUT2D eigenvalue weighted by atomic mass is 10.1. The molecule has 0 radical (unpaired) electrons. The summed E-state index contributed by atoms with van der Waals surface area (Å²) in [5.41, 5.74) is -0.126. The highest BCUT2D eigenvalue weighted by Gasteiger charge is 2.15. The number of aliphatic hydroxyl groups excluding tert-OH is 1. The Kier molecular flexibility index (Phi) is 5.46. The van der Waals surface area contributed by atoms with Crippen LogP contribution in [0.15, 0.2) is 0 Å². The van der Waals surface area contributed by atoms with Gasteiger partial charge in [-0.25, -0.2) is 0 Å². The van der Waals surface area contributed by atoms with Crippen LogP contribution in [-0.2, 0) is 9.47 Å². The second-order valence-electron chi connectivity index (χ2n) is 3.64. The minimum absolute atomic E-state index is 0.126. The summed E-state index contributed by atoms with van der Waals surface area (Å²) >= 11 is 0. The van der Waals surface area contributed by atoms with E-state index in [2.05, 4.69) is 0 Å². The van der Waals surface area contributed by atoms with Crippen LogP contribution >= 0.6 is 0 Å². The van der Waals surface area contributed by atoms with Gasteiger partial charge < -0.3 is 14.6 Å². The number of methoxy groups -OCH3 is 1. The molecule has 3 heteroatoms. The molecule has 0 aliphatic heterocycles. The molecule has 0 aromatic rings. The third-order valence-electron chi connectivity index (χ3n) is 1.76. The predicted octanol–water partition coefficient (Wildman–Crippen LogP) is 1.20. The van der Waals surface area contributed by atoms with Gasteiger partial charge >= 0.3 is 0 Å². The SMILES string of the molecule is COC(C)(C)CCOC[C@H](C)O. The van der Waals surface area contributed by atoms with Crippen molar-refractivity contribution >= 4 is 0 Å². The van der Waals surface area contributed by atoms with Crippen LogP contribution in [0, 0.1) is 0 Å². The van der Waals surface area contributed by atoms with Crippen molar-refractivity contribution in [2.24, 2.45) is 0 Å². The molecule has 3 nitrogen and oxygen atoms in total. The van der Waals surface area contributed by atoms with Crippen molar-refractivity contribution in [2.45, 2.75) is 38.9 Å². The Morgan fingerprint density at radius 1 is 1.42 bits per heavy atom. The molecule has 1 atom stereocenters. The molecule has 0 saturated carbocycles. The largest absolute Gasteiger partial charge is 0.391 e. The summed E-state index contributed by atoms with van der Waals surface area (Å²) < 4.78 is 10.4. The molecule has 74 valence electrons. The van der Waals surface area contributed by atoms with Gasteiger partial charge in [0, 0.05) is 13.7 Å². The molecule has 0 saturated heterocycles. The van der Waals surface area contributed by atoms with Crippen molar-refractivity contribution < 1.29 is 14.6 Å². The van der Waals surface area contributed by atoms with Crippen molar-refractivity contribution in [3.63, 3.8) is 0 Å². The van der Waals surface area contributed by atoms with E-state index in [1.54, 1.807) is 14.0 Å². The van der Waals surface area contributed by atoms with Crippen LogP contribution in [0.25, 0.3) is 0 Å². The summed E-state index contributed by atoms with van der Waals surface area (Å²) in [4.78, 5) is 0. The highest BCUT2D eigenvalue weighted by atomic mass is 16.5. The number of rotatable bonds is 6. The Balaban J connectivity index is 3.31. The highest BCUT2D eigenvalue weighted by Crippen LogP contribution is 2.12. The second-order valence-corrected chi connectivity index (χ2v) is 3.64.